The summed E-state index contributed by atoms with van der Waals surface area (Å²) in [7, 11) is 1.67. The fourth-order valence-electron chi connectivity index (χ4n) is 1.82. The molecule has 0 unspecified atom stereocenters. The molecule has 0 amide bonds. The number of nitrogens with two attached hydrogens (primary N) is 1. The maximum atomic E-state index is 13.8. The molecule has 3 nitrogen and oxygen atoms in total. The fourth-order valence-corrected chi connectivity index (χ4v) is 1.82. The Bertz CT molecular complexity index is 569. The molecular formula is C13H15F2N3. The molecule has 0 radical (unpaired) electrons. The lowest BCUT2D eigenvalue weighted by Crippen LogP contribution is -1.98. The topological polar surface area (TPSA) is 43.8 Å². The van der Waals surface area contributed by atoms with Crippen molar-refractivity contribution in [2.75, 3.05) is 5.73 Å². The molecule has 2 N–H and O–H groups in total. The van der Waals surface area contributed by atoms with Crippen LogP contribution >= 0.6 is 0 Å². The van der Waals surface area contributed by atoms with Gasteiger partial charge < -0.3 is 5.73 Å². The third-order valence-electron chi connectivity index (χ3n) is 2.90. The normalized spacial score (nSPS) is 11.2. The lowest BCUT2D eigenvalue weighted by molar-refractivity contribution is 0.566. The maximum absolute atomic E-state index is 13.8. The number of hydrogen-bond donors (Lipinski definition) is 1. The Hall–Kier alpha value is -1.91. The van der Waals surface area contributed by atoms with Crippen molar-refractivity contribution in [2.45, 2.75) is 19.8 Å². The zero-order chi connectivity index (χ0) is 13.4. The second kappa shape index (κ2) is 4.40. The predicted molar refractivity (Wildman–Crippen MR) is 67.1 cm³/mol. The van der Waals surface area contributed by atoms with Crippen molar-refractivity contribution < 1.29 is 8.78 Å². The number of rotatable bonds is 2. The first kappa shape index (κ1) is 12.5. The van der Waals surface area contributed by atoms with Crippen LogP contribution in [-0.2, 0) is 7.05 Å². The number of anilines is 1. The third-order valence-corrected chi connectivity index (χ3v) is 2.90. The molecule has 0 aliphatic heterocycles. The first-order valence-corrected chi connectivity index (χ1v) is 5.69. The van der Waals surface area contributed by atoms with Gasteiger partial charge in [-0.15, -0.1) is 0 Å². The minimum absolute atomic E-state index is 0.0228. The quantitative estimate of drug-likeness (QED) is 0.891. The highest BCUT2D eigenvalue weighted by Crippen LogP contribution is 2.29. The van der Waals surface area contributed by atoms with Gasteiger partial charge in [0.1, 0.15) is 17.5 Å². The van der Waals surface area contributed by atoms with Gasteiger partial charge in [0.15, 0.2) is 0 Å². The molecule has 1 aromatic carbocycles. The molecule has 0 spiro atoms. The Balaban J connectivity index is 2.60. The second-order valence-electron chi connectivity index (χ2n) is 4.59. The largest absolute Gasteiger partial charge is 0.384 e. The summed E-state index contributed by atoms with van der Waals surface area (Å²) < 4.78 is 28.8. The molecular weight excluding hydrogens is 236 g/mol. The summed E-state index contributed by atoms with van der Waals surface area (Å²) in [4.78, 5) is 0. The molecule has 0 bridgehead atoms. The predicted octanol–water partition coefficient (Wildman–Crippen LogP) is 3.07. The molecule has 2 rings (SSSR count). The van der Waals surface area contributed by atoms with Crippen LogP contribution in [0.25, 0.3) is 11.3 Å². The van der Waals surface area contributed by atoms with Crippen LogP contribution in [0.15, 0.2) is 18.2 Å². The van der Waals surface area contributed by atoms with Gasteiger partial charge in [0.25, 0.3) is 0 Å². The molecule has 0 saturated heterocycles. The number of aryl methyl sites for hydroxylation is 1. The monoisotopic (exact) mass is 251 g/mol. The van der Waals surface area contributed by atoms with Gasteiger partial charge in [0.2, 0.25) is 0 Å². The Morgan fingerprint density at radius 1 is 1.17 bits per heavy atom. The average molecular weight is 251 g/mol. The van der Waals surface area contributed by atoms with Gasteiger partial charge in [-0.25, -0.2) is 8.78 Å². The van der Waals surface area contributed by atoms with Crippen molar-refractivity contribution >= 4 is 5.82 Å². The van der Waals surface area contributed by atoms with Gasteiger partial charge in [-0.05, 0) is 17.5 Å². The van der Waals surface area contributed by atoms with E-state index >= 15 is 0 Å². The van der Waals surface area contributed by atoms with Gasteiger partial charge in [-0.1, -0.05) is 13.8 Å². The summed E-state index contributed by atoms with van der Waals surface area (Å²) >= 11 is 0. The van der Waals surface area contributed by atoms with Gasteiger partial charge in [0.05, 0.1) is 5.69 Å². The minimum atomic E-state index is -0.630. The molecule has 0 atom stereocenters. The van der Waals surface area contributed by atoms with Crippen LogP contribution in [0.1, 0.15) is 25.3 Å². The van der Waals surface area contributed by atoms with Crippen LogP contribution in [0.2, 0.25) is 0 Å². The van der Waals surface area contributed by atoms with Gasteiger partial charge in [-0.2, -0.15) is 5.10 Å². The highest BCUT2D eigenvalue weighted by Gasteiger charge is 2.16. The van der Waals surface area contributed by atoms with Crippen LogP contribution in [0.4, 0.5) is 14.6 Å². The molecule has 1 aromatic heterocycles. The van der Waals surface area contributed by atoms with E-state index in [1.807, 2.05) is 13.8 Å². The number of nitrogens with zero attached hydrogens (tertiary/aromatic N) is 2. The molecule has 0 aliphatic carbocycles. The summed E-state index contributed by atoms with van der Waals surface area (Å²) in [5.41, 5.74) is 6.81. The van der Waals surface area contributed by atoms with Gasteiger partial charge in [0, 0.05) is 24.7 Å². The zero-order valence-corrected chi connectivity index (χ0v) is 10.5. The number of nitrogen functional groups attached to an aromatic ring is 1. The van der Waals surface area contributed by atoms with E-state index in [2.05, 4.69) is 5.10 Å². The maximum Gasteiger partial charge on any atom is 0.135 e. The first-order valence-electron chi connectivity index (χ1n) is 5.69. The van der Waals surface area contributed by atoms with Crippen molar-refractivity contribution in [2.24, 2.45) is 7.05 Å². The van der Waals surface area contributed by atoms with Crippen molar-refractivity contribution in [3.05, 3.63) is 35.4 Å². The second-order valence-corrected chi connectivity index (χ2v) is 4.59. The van der Waals surface area contributed by atoms with Crippen molar-refractivity contribution in [3.8, 4) is 11.3 Å². The summed E-state index contributed by atoms with van der Waals surface area (Å²) in [6.45, 7) is 3.71. The highest BCUT2D eigenvalue weighted by molar-refractivity contribution is 5.64. The standard InChI is InChI=1S/C13H15F2N3/c1-7(2)8-4-9(11(15)5-10(8)14)12-6-13(16)18(3)17-12/h4-7H,16H2,1-3H3. The number of hydrogen-bond acceptors (Lipinski definition) is 2. The number of halogens is 2. The Morgan fingerprint density at radius 2 is 1.83 bits per heavy atom. The minimum Gasteiger partial charge on any atom is -0.384 e. The fraction of sp³-hybridized carbons (Fsp3) is 0.308. The molecule has 18 heavy (non-hydrogen) atoms. The lowest BCUT2D eigenvalue weighted by atomic mass is 9.98. The van der Waals surface area contributed by atoms with E-state index in [1.54, 1.807) is 13.1 Å². The highest BCUT2D eigenvalue weighted by atomic mass is 19.1. The molecule has 0 aliphatic rings. The van der Waals surface area contributed by atoms with Crippen molar-refractivity contribution in [1.82, 2.24) is 9.78 Å². The Kier molecular flexibility index (Phi) is 3.07. The summed E-state index contributed by atoms with van der Waals surface area (Å²) in [5, 5.41) is 4.10. The smallest absolute Gasteiger partial charge is 0.135 e. The van der Waals surface area contributed by atoms with E-state index in [4.69, 9.17) is 5.73 Å². The van der Waals surface area contributed by atoms with Crippen molar-refractivity contribution in [1.29, 1.82) is 0 Å². The summed E-state index contributed by atoms with van der Waals surface area (Å²) in [6, 6.07) is 3.97. The number of benzene rings is 1. The van der Waals surface area contributed by atoms with E-state index in [1.165, 1.54) is 10.7 Å². The Morgan fingerprint density at radius 3 is 2.33 bits per heavy atom. The van der Waals surface area contributed by atoms with E-state index < -0.39 is 11.6 Å². The van der Waals surface area contributed by atoms with Crippen LogP contribution in [0, 0.1) is 11.6 Å². The molecule has 1 heterocycles. The van der Waals surface area contributed by atoms with E-state index in [0.29, 0.717) is 17.1 Å². The number of aromatic nitrogens is 2. The third kappa shape index (κ3) is 2.08. The van der Waals surface area contributed by atoms with E-state index in [-0.39, 0.29) is 11.5 Å². The van der Waals surface area contributed by atoms with E-state index in [9.17, 15) is 8.78 Å². The lowest BCUT2D eigenvalue weighted by Gasteiger charge is -2.09. The molecule has 0 saturated carbocycles. The van der Waals surface area contributed by atoms with Crippen molar-refractivity contribution in [3.63, 3.8) is 0 Å². The Labute approximate surface area is 104 Å². The SMILES string of the molecule is CC(C)c1cc(-c2cc(N)n(C)n2)c(F)cc1F. The molecule has 2 aromatic rings. The summed E-state index contributed by atoms with van der Waals surface area (Å²) in [6.07, 6.45) is 0. The summed E-state index contributed by atoms with van der Waals surface area (Å²) in [5.74, 6) is -0.754. The van der Waals surface area contributed by atoms with E-state index in [0.717, 1.165) is 6.07 Å². The van der Waals surface area contributed by atoms with Crippen LogP contribution in [0.5, 0.6) is 0 Å². The average Bonchev–Trinajstić information content (AvgIpc) is 2.58. The molecule has 5 heteroatoms. The first-order chi connectivity index (χ1) is 8.40. The zero-order valence-electron chi connectivity index (χ0n) is 10.5. The van der Waals surface area contributed by atoms with Gasteiger partial charge >= 0.3 is 0 Å². The van der Waals surface area contributed by atoms with Crippen LogP contribution < -0.4 is 5.73 Å². The van der Waals surface area contributed by atoms with Crippen LogP contribution in [-0.4, -0.2) is 9.78 Å². The van der Waals surface area contributed by atoms with Gasteiger partial charge in [-0.3, -0.25) is 4.68 Å². The van der Waals surface area contributed by atoms with Crippen LogP contribution in [0.3, 0.4) is 0 Å². The molecule has 0 fully saturated rings. The molecule has 96 valence electrons.